The minimum atomic E-state index is -0.199. The normalized spacial score (nSPS) is 12.6. The fraction of sp³-hybridized carbons (Fsp3) is 0.200. The Bertz CT molecular complexity index is 661. The van der Waals surface area contributed by atoms with Gasteiger partial charge in [-0.25, -0.2) is 4.39 Å². The van der Waals surface area contributed by atoms with Crippen molar-refractivity contribution in [2.75, 3.05) is 12.1 Å². The molecule has 0 unspecified atom stereocenters. The van der Waals surface area contributed by atoms with Crippen LogP contribution in [-0.2, 0) is 6.54 Å². The van der Waals surface area contributed by atoms with Gasteiger partial charge in [-0.15, -0.1) is 0 Å². The summed E-state index contributed by atoms with van der Waals surface area (Å²) >= 11 is 6.17. The van der Waals surface area contributed by atoms with Crippen LogP contribution in [0.4, 0.5) is 10.1 Å². The lowest BCUT2D eigenvalue weighted by Gasteiger charge is -2.10. The van der Waals surface area contributed by atoms with E-state index in [1.165, 1.54) is 6.07 Å². The monoisotopic (exact) mass is 293 g/mol. The second-order valence-corrected chi connectivity index (χ2v) is 5.03. The SMILES string of the molecule is Cc1cc(CNc2cc3c(cc2Cl)OCO3)ccc1F. The van der Waals surface area contributed by atoms with Crippen molar-refractivity contribution in [3.05, 3.63) is 52.3 Å². The van der Waals surface area contributed by atoms with E-state index in [0.717, 1.165) is 11.3 Å². The third-order valence-electron chi connectivity index (χ3n) is 3.17. The highest BCUT2D eigenvalue weighted by atomic mass is 35.5. The number of benzene rings is 2. The second-order valence-electron chi connectivity index (χ2n) is 4.62. The lowest BCUT2D eigenvalue weighted by molar-refractivity contribution is 0.174. The van der Waals surface area contributed by atoms with E-state index in [2.05, 4.69) is 5.32 Å². The molecule has 1 aliphatic heterocycles. The highest BCUT2D eigenvalue weighted by molar-refractivity contribution is 6.33. The summed E-state index contributed by atoms with van der Waals surface area (Å²) in [6.07, 6.45) is 0. The van der Waals surface area contributed by atoms with Gasteiger partial charge in [0.15, 0.2) is 11.5 Å². The van der Waals surface area contributed by atoms with Crippen LogP contribution in [0.1, 0.15) is 11.1 Å². The van der Waals surface area contributed by atoms with Crippen LogP contribution < -0.4 is 14.8 Å². The van der Waals surface area contributed by atoms with E-state index in [4.69, 9.17) is 21.1 Å². The maximum atomic E-state index is 13.2. The van der Waals surface area contributed by atoms with Crippen molar-refractivity contribution < 1.29 is 13.9 Å². The van der Waals surface area contributed by atoms with Gasteiger partial charge in [0.1, 0.15) is 5.82 Å². The summed E-state index contributed by atoms with van der Waals surface area (Å²) in [4.78, 5) is 0. The molecule has 0 saturated heterocycles. The first kappa shape index (κ1) is 13.1. The van der Waals surface area contributed by atoms with Crippen LogP contribution >= 0.6 is 11.6 Å². The zero-order chi connectivity index (χ0) is 14.1. The van der Waals surface area contributed by atoms with E-state index in [-0.39, 0.29) is 12.6 Å². The molecular weight excluding hydrogens is 281 g/mol. The van der Waals surface area contributed by atoms with Crippen molar-refractivity contribution >= 4 is 17.3 Å². The molecule has 0 atom stereocenters. The average molecular weight is 294 g/mol. The van der Waals surface area contributed by atoms with E-state index >= 15 is 0 Å². The van der Waals surface area contributed by atoms with Crippen LogP contribution in [0.2, 0.25) is 5.02 Å². The van der Waals surface area contributed by atoms with Crippen molar-refractivity contribution in [2.45, 2.75) is 13.5 Å². The Balaban J connectivity index is 1.76. The van der Waals surface area contributed by atoms with Gasteiger partial charge >= 0.3 is 0 Å². The molecule has 3 nitrogen and oxygen atoms in total. The topological polar surface area (TPSA) is 30.5 Å². The highest BCUT2D eigenvalue weighted by Crippen LogP contribution is 2.39. The molecule has 0 amide bonds. The Morgan fingerprint density at radius 1 is 1.20 bits per heavy atom. The average Bonchev–Trinajstić information content (AvgIpc) is 2.87. The third kappa shape index (κ3) is 2.51. The highest BCUT2D eigenvalue weighted by Gasteiger charge is 2.16. The van der Waals surface area contributed by atoms with Gasteiger partial charge < -0.3 is 14.8 Å². The first-order valence-electron chi connectivity index (χ1n) is 6.21. The van der Waals surface area contributed by atoms with Crippen molar-refractivity contribution in [3.63, 3.8) is 0 Å². The number of anilines is 1. The number of nitrogens with one attached hydrogen (secondary N) is 1. The van der Waals surface area contributed by atoms with Gasteiger partial charge in [0.05, 0.1) is 10.7 Å². The summed E-state index contributed by atoms with van der Waals surface area (Å²) in [7, 11) is 0. The predicted octanol–water partition coefficient (Wildman–Crippen LogP) is 4.13. The molecule has 0 aromatic heterocycles. The maximum absolute atomic E-state index is 13.2. The minimum absolute atomic E-state index is 0.199. The summed E-state index contributed by atoms with van der Waals surface area (Å²) in [5.41, 5.74) is 2.37. The number of aryl methyl sites for hydroxylation is 1. The van der Waals surface area contributed by atoms with Gasteiger partial charge in [-0.05, 0) is 24.1 Å². The zero-order valence-electron chi connectivity index (χ0n) is 10.9. The van der Waals surface area contributed by atoms with Gasteiger partial charge in [-0.1, -0.05) is 23.7 Å². The molecule has 0 saturated carbocycles. The molecular formula is C15H13ClFNO2. The fourth-order valence-corrected chi connectivity index (χ4v) is 2.29. The lowest BCUT2D eigenvalue weighted by Crippen LogP contribution is -2.01. The smallest absolute Gasteiger partial charge is 0.231 e. The fourth-order valence-electron chi connectivity index (χ4n) is 2.07. The molecule has 0 radical (unpaired) electrons. The largest absolute Gasteiger partial charge is 0.454 e. The Morgan fingerprint density at radius 3 is 2.70 bits per heavy atom. The first-order chi connectivity index (χ1) is 9.63. The number of ether oxygens (including phenoxy) is 2. The van der Waals surface area contributed by atoms with Crippen molar-refractivity contribution in [1.29, 1.82) is 0 Å². The lowest BCUT2D eigenvalue weighted by atomic mass is 10.1. The first-order valence-corrected chi connectivity index (χ1v) is 6.59. The van der Waals surface area contributed by atoms with Gasteiger partial charge in [0, 0.05) is 18.7 Å². The number of halogens is 2. The van der Waals surface area contributed by atoms with Crippen molar-refractivity contribution in [1.82, 2.24) is 0 Å². The summed E-state index contributed by atoms with van der Waals surface area (Å²) in [5, 5.41) is 3.78. The van der Waals surface area contributed by atoms with E-state index in [0.29, 0.717) is 28.6 Å². The van der Waals surface area contributed by atoms with Gasteiger partial charge in [-0.3, -0.25) is 0 Å². The number of fused-ring (bicyclic) bond motifs is 1. The Hall–Kier alpha value is -1.94. The van der Waals surface area contributed by atoms with E-state index in [1.54, 1.807) is 25.1 Å². The van der Waals surface area contributed by atoms with Crippen molar-refractivity contribution in [3.8, 4) is 11.5 Å². The van der Waals surface area contributed by atoms with E-state index in [9.17, 15) is 4.39 Å². The molecule has 104 valence electrons. The maximum Gasteiger partial charge on any atom is 0.231 e. The van der Waals surface area contributed by atoms with Crippen LogP contribution in [0.3, 0.4) is 0 Å². The molecule has 1 heterocycles. The number of hydrogen-bond donors (Lipinski definition) is 1. The quantitative estimate of drug-likeness (QED) is 0.923. The molecule has 0 aliphatic carbocycles. The molecule has 5 heteroatoms. The van der Waals surface area contributed by atoms with Crippen LogP contribution in [0.25, 0.3) is 0 Å². The van der Waals surface area contributed by atoms with Crippen LogP contribution in [0.15, 0.2) is 30.3 Å². The Kier molecular flexibility index (Phi) is 3.40. The number of rotatable bonds is 3. The van der Waals surface area contributed by atoms with E-state index in [1.807, 2.05) is 6.07 Å². The van der Waals surface area contributed by atoms with Crippen LogP contribution in [0, 0.1) is 12.7 Å². The Morgan fingerprint density at radius 2 is 1.95 bits per heavy atom. The van der Waals surface area contributed by atoms with Crippen molar-refractivity contribution in [2.24, 2.45) is 0 Å². The molecule has 0 spiro atoms. The van der Waals surface area contributed by atoms with Gasteiger partial charge in [0.25, 0.3) is 0 Å². The second kappa shape index (κ2) is 5.21. The third-order valence-corrected chi connectivity index (χ3v) is 3.48. The summed E-state index contributed by atoms with van der Waals surface area (Å²) in [6.45, 7) is 2.51. The van der Waals surface area contributed by atoms with Crippen LogP contribution in [-0.4, -0.2) is 6.79 Å². The summed E-state index contributed by atoms with van der Waals surface area (Å²) < 4.78 is 23.8. The zero-order valence-corrected chi connectivity index (χ0v) is 11.6. The predicted molar refractivity (Wildman–Crippen MR) is 76.0 cm³/mol. The Labute approximate surface area is 121 Å². The van der Waals surface area contributed by atoms with E-state index < -0.39 is 0 Å². The molecule has 3 rings (SSSR count). The molecule has 2 aromatic rings. The minimum Gasteiger partial charge on any atom is -0.454 e. The summed E-state index contributed by atoms with van der Waals surface area (Å²) in [5.74, 6) is 1.13. The molecule has 1 aliphatic rings. The standard InChI is InChI=1S/C15H13ClFNO2/c1-9-4-10(2-3-12(9)17)7-18-13-6-15-14(5-11(13)16)19-8-20-15/h2-6,18H,7-8H2,1H3. The van der Waals surface area contributed by atoms with Gasteiger partial charge in [0.2, 0.25) is 6.79 Å². The number of hydrogen-bond acceptors (Lipinski definition) is 3. The van der Waals surface area contributed by atoms with Gasteiger partial charge in [-0.2, -0.15) is 0 Å². The molecule has 0 bridgehead atoms. The molecule has 2 aromatic carbocycles. The molecule has 20 heavy (non-hydrogen) atoms. The summed E-state index contributed by atoms with van der Waals surface area (Å²) in [6, 6.07) is 8.55. The van der Waals surface area contributed by atoms with Crippen LogP contribution in [0.5, 0.6) is 11.5 Å². The molecule has 0 fully saturated rings. The molecule has 1 N–H and O–H groups in total.